The average Bonchev–Trinajstić information content (AvgIpc) is 3.13. The van der Waals surface area contributed by atoms with Crippen LogP contribution in [0.4, 0.5) is 10.6 Å². The first kappa shape index (κ1) is 22.3. The Morgan fingerprint density at radius 1 is 1.13 bits per heavy atom. The van der Waals surface area contributed by atoms with E-state index in [-0.39, 0.29) is 23.2 Å². The molecular formula is C22H28N4O5. The van der Waals surface area contributed by atoms with Gasteiger partial charge >= 0.3 is 12.1 Å². The number of nitrogens with one attached hydrogen (secondary N) is 2. The summed E-state index contributed by atoms with van der Waals surface area (Å²) in [6, 6.07) is 6.49. The molecule has 2 aromatic heterocycles. The van der Waals surface area contributed by atoms with Crippen LogP contribution in [0.25, 0.3) is 5.69 Å². The molecule has 0 bridgehead atoms. The van der Waals surface area contributed by atoms with Crippen LogP contribution in [0.3, 0.4) is 0 Å². The Balaban J connectivity index is 1.60. The van der Waals surface area contributed by atoms with Crippen molar-refractivity contribution < 1.29 is 19.1 Å². The third-order valence-electron chi connectivity index (χ3n) is 4.86. The summed E-state index contributed by atoms with van der Waals surface area (Å²) in [5.41, 5.74) is 0.0163. The molecule has 1 fully saturated rings. The van der Waals surface area contributed by atoms with Gasteiger partial charge in [0, 0.05) is 24.3 Å². The lowest BCUT2D eigenvalue weighted by Gasteiger charge is -2.22. The minimum Gasteiger partial charge on any atom is -0.465 e. The van der Waals surface area contributed by atoms with Crippen LogP contribution in [-0.4, -0.2) is 46.4 Å². The molecule has 2 aromatic rings. The number of amides is 1. The zero-order valence-corrected chi connectivity index (χ0v) is 18.2. The lowest BCUT2D eigenvalue weighted by atomic mass is 10.2. The Bertz CT molecular complexity index is 994. The fraction of sp³-hybridized carbons (Fsp3) is 0.455. The van der Waals surface area contributed by atoms with Crippen molar-refractivity contribution in [3.8, 4) is 5.69 Å². The Labute approximate surface area is 180 Å². The first-order chi connectivity index (χ1) is 14.6. The highest BCUT2D eigenvalue weighted by Gasteiger charge is 2.27. The highest BCUT2D eigenvalue weighted by molar-refractivity contribution is 5.88. The van der Waals surface area contributed by atoms with E-state index in [0.29, 0.717) is 11.5 Å². The number of carbonyl (C=O) groups excluding carboxylic acids is 2. The van der Waals surface area contributed by atoms with E-state index in [4.69, 9.17) is 9.47 Å². The third kappa shape index (κ3) is 6.07. The molecule has 0 unspecified atom stereocenters. The van der Waals surface area contributed by atoms with E-state index >= 15 is 0 Å². The van der Waals surface area contributed by atoms with Gasteiger partial charge in [0.25, 0.3) is 5.56 Å². The Morgan fingerprint density at radius 2 is 1.87 bits per heavy atom. The summed E-state index contributed by atoms with van der Waals surface area (Å²) in [7, 11) is 1.29. The summed E-state index contributed by atoms with van der Waals surface area (Å²) in [6.07, 6.45) is 5.11. The zero-order chi connectivity index (χ0) is 22.6. The molecule has 3 rings (SSSR count). The van der Waals surface area contributed by atoms with E-state index < -0.39 is 17.7 Å². The number of rotatable bonds is 5. The van der Waals surface area contributed by atoms with Crippen molar-refractivity contribution in [2.45, 2.75) is 57.7 Å². The highest BCUT2D eigenvalue weighted by Crippen LogP contribution is 2.23. The monoisotopic (exact) mass is 428 g/mol. The second-order valence-electron chi connectivity index (χ2n) is 8.52. The number of aromatic nitrogens is 2. The molecule has 1 aliphatic carbocycles. The molecule has 1 amide bonds. The van der Waals surface area contributed by atoms with Crippen LogP contribution in [0.2, 0.25) is 0 Å². The van der Waals surface area contributed by atoms with Gasteiger partial charge in [0.15, 0.2) is 0 Å². The Kier molecular flexibility index (Phi) is 6.62. The number of carbonyl (C=O) groups is 2. The van der Waals surface area contributed by atoms with Gasteiger partial charge in [0.1, 0.15) is 11.4 Å². The quantitative estimate of drug-likeness (QED) is 0.704. The molecule has 1 aliphatic rings. The lowest BCUT2D eigenvalue weighted by Crippen LogP contribution is -2.38. The molecule has 2 atom stereocenters. The Hall–Kier alpha value is -3.36. The van der Waals surface area contributed by atoms with E-state index in [1.807, 2.05) is 20.8 Å². The number of methoxy groups -OCH3 is 1. The van der Waals surface area contributed by atoms with Crippen molar-refractivity contribution in [1.82, 2.24) is 14.9 Å². The summed E-state index contributed by atoms with van der Waals surface area (Å²) >= 11 is 0. The van der Waals surface area contributed by atoms with Gasteiger partial charge in [0.05, 0.1) is 24.6 Å². The van der Waals surface area contributed by atoms with Gasteiger partial charge in [-0.05, 0) is 58.2 Å². The zero-order valence-electron chi connectivity index (χ0n) is 18.2. The smallest absolute Gasteiger partial charge is 0.407 e. The lowest BCUT2D eigenvalue weighted by molar-refractivity contribution is 0.0504. The topological polar surface area (TPSA) is 112 Å². The SMILES string of the molecule is COC(=O)c1ccc(=O)n(-c2ccc(N[C@H]3CC[C@H](NC(=O)OC(C)(C)C)C3)nc2)c1. The van der Waals surface area contributed by atoms with Gasteiger partial charge < -0.3 is 20.1 Å². The van der Waals surface area contributed by atoms with E-state index in [1.54, 1.807) is 18.3 Å². The fourth-order valence-corrected chi connectivity index (χ4v) is 3.47. The van der Waals surface area contributed by atoms with Crippen LogP contribution in [0, 0.1) is 0 Å². The minimum absolute atomic E-state index is 0.0475. The number of pyridine rings is 2. The standard InChI is InChI=1S/C22H28N4O5/c1-22(2,3)31-21(29)25-16-7-6-15(11-16)24-18-9-8-17(12-23-18)26-13-14(20(28)30-4)5-10-19(26)27/h5,8-10,12-13,15-16H,6-7,11H2,1-4H3,(H,23,24)(H,25,29)/t15-,16-/m0/s1. The number of anilines is 1. The molecule has 0 radical (unpaired) electrons. The van der Waals surface area contributed by atoms with Crippen molar-refractivity contribution >= 4 is 17.9 Å². The van der Waals surface area contributed by atoms with Crippen LogP contribution in [-0.2, 0) is 9.47 Å². The summed E-state index contributed by atoms with van der Waals surface area (Å²) in [6.45, 7) is 5.50. The molecule has 0 spiro atoms. The predicted octanol–water partition coefficient (Wildman–Crippen LogP) is 2.88. The van der Waals surface area contributed by atoms with E-state index in [9.17, 15) is 14.4 Å². The first-order valence-corrected chi connectivity index (χ1v) is 10.2. The van der Waals surface area contributed by atoms with E-state index in [1.165, 1.54) is 30.0 Å². The van der Waals surface area contributed by atoms with Crippen LogP contribution >= 0.6 is 0 Å². The normalized spacial score (nSPS) is 18.3. The number of hydrogen-bond donors (Lipinski definition) is 2. The summed E-state index contributed by atoms with van der Waals surface area (Å²) < 4.78 is 11.4. The van der Waals surface area contributed by atoms with Gasteiger partial charge in [-0.3, -0.25) is 9.36 Å². The molecule has 2 N–H and O–H groups in total. The van der Waals surface area contributed by atoms with E-state index in [2.05, 4.69) is 15.6 Å². The summed E-state index contributed by atoms with van der Waals surface area (Å²) in [5, 5.41) is 6.27. The number of alkyl carbamates (subject to hydrolysis) is 1. The molecule has 1 saturated carbocycles. The molecule has 0 aromatic carbocycles. The van der Waals surface area contributed by atoms with Crippen LogP contribution in [0.1, 0.15) is 50.4 Å². The predicted molar refractivity (Wildman–Crippen MR) is 116 cm³/mol. The maximum Gasteiger partial charge on any atom is 0.407 e. The number of hydrogen-bond acceptors (Lipinski definition) is 7. The summed E-state index contributed by atoms with van der Waals surface area (Å²) in [5.74, 6) is 0.152. The van der Waals surface area contributed by atoms with E-state index in [0.717, 1.165) is 19.3 Å². The molecule has 166 valence electrons. The molecule has 9 heteroatoms. The fourth-order valence-electron chi connectivity index (χ4n) is 3.47. The third-order valence-corrected chi connectivity index (χ3v) is 4.86. The molecule has 31 heavy (non-hydrogen) atoms. The van der Waals surface area contributed by atoms with Crippen LogP contribution < -0.4 is 16.2 Å². The minimum atomic E-state index is -0.523. The van der Waals surface area contributed by atoms with Crippen LogP contribution in [0.15, 0.2) is 41.5 Å². The first-order valence-electron chi connectivity index (χ1n) is 10.2. The Morgan fingerprint density at radius 3 is 2.52 bits per heavy atom. The van der Waals surface area contributed by atoms with Crippen molar-refractivity contribution in [2.24, 2.45) is 0 Å². The summed E-state index contributed by atoms with van der Waals surface area (Å²) in [4.78, 5) is 40.2. The number of nitrogens with zero attached hydrogens (tertiary/aromatic N) is 2. The molecule has 0 aliphatic heterocycles. The molecular weight excluding hydrogens is 400 g/mol. The molecule has 2 heterocycles. The second-order valence-corrected chi connectivity index (χ2v) is 8.52. The van der Waals surface area contributed by atoms with Crippen molar-refractivity contribution in [2.75, 3.05) is 12.4 Å². The number of esters is 1. The maximum atomic E-state index is 12.2. The van der Waals surface area contributed by atoms with Gasteiger partial charge in [-0.1, -0.05) is 0 Å². The van der Waals surface area contributed by atoms with Gasteiger partial charge in [-0.15, -0.1) is 0 Å². The largest absolute Gasteiger partial charge is 0.465 e. The second kappa shape index (κ2) is 9.20. The number of ether oxygens (including phenoxy) is 2. The van der Waals surface area contributed by atoms with Crippen molar-refractivity contribution in [1.29, 1.82) is 0 Å². The maximum absolute atomic E-state index is 12.2. The van der Waals surface area contributed by atoms with Gasteiger partial charge in [0.2, 0.25) is 0 Å². The highest BCUT2D eigenvalue weighted by atomic mass is 16.6. The van der Waals surface area contributed by atoms with Gasteiger partial charge in [-0.25, -0.2) is 14.6 Å². The van der Waals surface area contributed by atoms with Crippen molar-refractivity contribution in [3.05, 3.63) is 52.6 Å². The molecule has 0 saturated heterocycles. The van der Waals surface area contributed by atoms with Gasteiger partial charge in [-0.2, -0.15) is 0 Å². The van der Waals surface area contributed by atoms with Crippen LogP contribution in [0.5, 0.6) is 0 Å². The average molecular weight is 428 g/mol. The van der Waals surface area contributed by atoms with Crippen molar-refractivity contribution in [3.63, 3.8) is 0 Å². The molecule has 9 nitrogen and oxygen atoms in total.